The summed E-state index contributed by atoms with van der Waals surface area (Å²) < 4.78 is 7.88. The van der Waals surface area contributed by atoms with Crippen LogP contribution in [0.1, 0.15) is 12.8 Å². The average Bonchev–Trinajstić information content (AvgIpc) is 3.22. The highest BCUT2D eigenvalue weighted by Gasteiger charge is 2.19. The van der Waals surface area contributed by atoms with Crippen molar-refractivity contribution in [3.05, 3.63) is 54.9 Å². The van der Waals surface area contributed by atoms with Crippen molar-refractivity contribution < 1.29 is 9.84 Å². The maximum absolute atomic E-state index is 9.88. The first kappa shape index (κ1) is 20.7. The van der Waals surface area contributed by atoms with E-state index in [4.69, 9.17) is 9.72 Å². The van der Waals surface area contributed by atoms with Gasteiger partial charge in [-0.3, -0.25) is 4.57 Å². The van der Waals surface area contributed by atoms with E-state index >= 15 is 0 Å². The highest BCUT2D eigenvalue weighted by molar-refractivity contribution is 5.92. The molecular formula is C25H29N5O2. The van der Waals surface area contributed by atoms with Crippen molar-refractivity contribution >= 4 is 27.6 Å². The van der Waals surface area contributed by atoms with E-state index in [9.17, 15) is 5.11 Å². The van der Waals surface area contributed by atoms with Crippen molar-refractivity contribution in [3.8, 4) is 11.6 Å². The quantitative estimate of drug-likeness (QED) is 0.504. The molecule has 1 N–H and O–H groups in total. The summed E-state index contributed by atoms with van der Waals surface area (Å²) in [5.74, 6) is 1.66. The molecule has 1 saturated heterocycles. The molecule has 32 heavy (non-hydrogen) atoms. The van der Waals surface area contributed by atoms with Crippen LogP contribution in [-0.2, 0) is 0 Å². The number of likely N-dealkylation sites (N-methyl/N-ethyl adjacent to an activating group) is 1. The van der Waals surface area contributed by atoms with Crippen LogP contribution in [-0.4, -0.2) is 71.0 Å². The van der Waals surface area contributed by atoms with Crippen LogP contribution in [0.25, 0.3) is 27.8 Å². The number of hydrogen-bond acceptors (Lipinski definition) is 6. The summed E-state index contributed by atoms with van der Waals surface area (Å²) in [5.41, 5.74) is 3.98. The van der Waals surface area contributed by atoms with E-state index in [0.717, 1.165) is 71.7 Å². The molecule has 7 nitrogen and oxygen atoms in total. The van der Waals surface area contributed by atoms with E-state index in [-0.39, 0.29) is 6.10 Å². The van der Waals surface area contributed by atoms with Crippen LogP contribution < -0.4 is 9.64 Å². The number of hydrogen-bond donors (Lipinski definition) is 1. The first-order valence-electron chi connectivity index (χ1n) is 11.2. The molecule has 3 heterocycles. The molecule has 0 unspecified atom stereocenters. The van der Waals surface area contributed by atoms with Gasteiger partial charge in [0.25, 0.3) is 0 Å². The molecule has 1 aliphatic heterocycles. The molecule has 0 atom stereocenters. The molecule has 2 aromatic heterocycles. The zero-order chi connectivity index (χ0) is 22.1. The first-order chi connectivity index (χ1) is 15.6. The molecule has 0 bridgehead atoms. The van der Waals surface area contributed by atoms with Gasteiger partial charge in [-0.15, -0.1) is 0 Å². The average molecular weight is 432 g/mol. The molecule has 5 rings (SSSR count). The standard InChI is InChI=1S/C25H29N5O2/c1-28(2)14-15-32-20-7-8-22-21(16-20)26-17-30(22)24-9-6-18-4-3-5-23(25(18)27-24)29-12-10-19(31)11-13-29/h3-9,16-17,19,31H,10-15H2,1-2H3. The van der Waals surface area contributed by atoms with Gasteiger partial charge in [0, 0.05) is 31.1 Å². The number of aromatic nitrogens is 3. The van der Waals surface area contributed by atoms with Gasteiger partial charge in [-0.05, 0) is 57.3 Å². The van der Waals surface area contributed by atoms with E-state index in [2.05, 4.69) is 39.0 Å². The second-order valence-corrected chi connectivity index (χ2v) is 8.65. The maximum atomic E-state index is 9.88. The number of rotatable bonds is 6. The first-order valence-corrected chi connectivity index (χ1v) is 11.2. The summed E-state index contributed by atoms with van der Waals surface area (Å²) in [6.45, 7) is 3.20. The summed E-state index contributed by atoms with van der Waals surface area (Å²) >= 11 is 0. The van der Waals surface area contributed by atoms with Crippen LogP contribution in [0.5, 0.6) is 5.75 Å². The Labute approximate surface area is 187 Å². The number of para-hydroxylation sites is 1. The highest BCUT2D eigenvalue weighted by Crippen LogP contribution is 2.30. The number of piperidine rings is 1. The second-order valence-electron chi connectivity index (χ2n) is 8.65. The van der Waals surface area contributed by atoms with E-state index in [1.54, 1.807) is 0 Å². The largest absolute Gasteiger partial charge is 0.492 e. The number of benzene rings is 2. The molecular weight excluding hydrogens is 402 g/mol. The van der Waals surface area contributed by atoms with Crippen LogP contribution in [0, 0.1) is 0 Å². The van der Waals surface area contributed by atoms with Crippen molar-refractivity contribution in [2.75, 3.05) is 45.2 Å². The SMILES string of the molecule is CN(C)CCOc1ccc2c(c1)ncn2-c1ccc2cccc(N3CCC(O)CC3)c2n1. The van der Waals surface area contributed by atoms with E-state index in [1.165, 1.54) is 0 Å². The number of fused-ring (bicyclic) bond motifs is 2. The Morgan fingerprint density at radius 2 is 1.94 bits per heavy atom. The van der Waals surface area contributed by atoms with Crippen LogP contribution in [0.4, 0.5) is 5.69 Å². The third-order valence-electron chi connectivity index (χ3n) is 6.06. The van der Waals surface area contributed by atoms with Crippen LogP contribution in [0.3, 0.4) is 0 Å². The minimum Gasteiger partial charge on any atom is -0.492 e. The van der Waals surface area contributed by atoms with Crippen molar-refractivity contribution in [2.45, 2.75) is 18.9 Å². The number of ether oxygens (including phenoxy) is 1. The van der Waals surface area contributed by atoms with Crippen molar-refractivity contribution in [2.24, 2.45) is 0 Å². The van der Waals surface area contributed by atoms with Crippen LogP contribution >= 0.6 is 0 Å². The van der Waals surface area contributed by atoms with Crippen LogP contribution in [0.2, 0.25) is 0 Å². The molecule has 0 saturated carbocycles. The number of aliphatic hydroxyl groups is 1. The number of anilines is 1. The third kappa shape index (κ3) is 4.13. The van der Waals surface area contributed by atoms with Gasteiger partial charge in [-0.2, -0.15) is 0 Å². The fourth-order valence-electron chi connectivity index (χ4n) is 4.23. The van der Waals surface area contributed by atoms with Crippen molar-refractivity contribution in [1.29, 1.82) is 0 Å². The summed E-state index contributed by atoms with van der Waals surface area (Å²) in [6.07, 6.45) is 3.21. The fraction of sp³-hybridized carbons (Fsp3) is 0.360. The Balaban J connectivity index is 1.47. The van der Waals surface area contributed by atoms with E-state index in [1.807, 2.05) is 49.3 Å². The van der Waals surface area contributed by atoms with Gasteiger partial charge in [0.05, 0.1) is 28.3 Å². The predicted molar refractivity (Wildman–Crippen MR) is 128 cm³/mol. The molecule has 0 amide bonds. The van der Waals surface area contributed by atoms with Gasteiger partial charge in [0.1, 0.15) is 24.5 Å². The molecule has 0 spiro atoms. The second kappa shape index (κ2) is 8.76. The van der Waals surface area contributed by atoms with Gasteiger partial charge in [0.2, 0.25) is 0 Å². The Morgan fingerprint density at radius 1 is 1.09 bits per heavy atom. The smallest absolute Gasteiger partial charge is 0.139 e. The summed E-state index contributed by atoms with van der Waals surface area (Å²) in [6, 6.07) is 16.5. The Kier molecular flexibility index (Phi) is 5.68. The summed E-state index contributed by atoms with van der Waals surface area (Å²) in [5, 5.41) is 11.0. The lowest BCUT2D eigenvalue weighted by Crippen LogP contribution is -2.35. The lowest BCUT2D eigenvalue weighted by molar-refractivity contribution is 0.145. The van der Waals surface area contributed by atoms with Gasteiger partial charge in [-0.1, -0.05) is 12.1 Å². The fourth-order valence-corrected chi connectivity index (χ4v) is 4.23. The minimum atomic E-state index is -0.196. The molecule has 0 radical (unpaired) electrons. The lowest BCUT2D eigenvalue weighted by atomic mass is 10.1. The molecule has 7 heteroatoms. The minimum absolute atomic E-state index is 0.196. The number of nitrogens with zero attached hydrogens (tertiary/aromatic N) is 5. The summed E-state index contributed by atoms with van der Waals surface area (Å²) in [4.78, 5) is 14.1. The topological polar surface area (TPSA) is 66.7 Å². The zero-order valence-electron chi connectivity index (χ0n) is 18.6. The predicted octanol–water partition coefficient (Wildman–Crippen LogP) is 3.48. The third-order valence-corrected chi connectivity index (χ3v) is 6.06. The van der Waals surface area contributed by atoms with Gasteiger partial charge >= 0.3 is 0 Å². The lowest BCUT2D eigenvalue weighted by Gasteiger charge is -2.32. The van der Waals surface area contributed by atoms with Crippen molar-refractivity contribution in [3.63, 3.8) is 0 Å². The molecule has 2 aromatic carbocycles. The number of aliphatic hydroxyl groups excluding tert-OH is 1. The molecule has 1 fully saturated rings. The number of pyridine rings is 1. The Bertz CT molecular complexity index is 1230. The number of imidazole rings is 1. The molecule has 0 aliphatic carbocycles. The normalized spacial score (nSPS) is 15.2. The molecule has 1 aliphatic rings. The Morgan fingerprint density at radius 3 is 2.75 bits per heavy atom. The van der Waals surface area contributed by atoms with Gasteiger partial charge in [0.15, 0.2) is 0 Å². The Hall–Kier alpha value is -3.16. The van der Waals surface area contributed by atoms with Gasteiger partial charge < -0.3 is 19.6 Å². The zero-order valence-corrected chi connectivity index (χ0v) is 18.6. The maximum Gasteiger partial charge on any atom is 0.139 e. The highest BCUT2D eigenvalue weighted by atomic mass is 16.5. The molecule has 4 aromatic rings. The monoisotopic (exact) mass is 431 g/mol. The van der Waals surface area contributed by atoms with E-state index in [0.29, 0.717) is 6.61 Å². The molecule has 166 valence electrons. The van der Waals surface area contributed by atoms with Crippen molar-refractivity contribution in [1.82, 2.24) is 19.4 Å². The van der Waals surface area contributed by atoms with E-state index < -0.39 is 0 Å². The summed E-state index contributed by atoms with van der Waals surface area (Å²) in [7, 11) is 4.07. The van der Waals surface area contributed by atoms with Crippen LogP contribution in [0.15, 0.2) is 54.9 Å². The van der Waals surface area contributed by atoms with Gasteiger partial charge in [-0.25, -0.2) is 9.97 Å².